The number of carboxylic acid groups (broad SMARTS) is 1. The maximum Gasteiger partial charge on any atom is 0.393 e. The van der Waals surface area contributed by atoms with Crippen molar-refractivity contribution in [3.63, 3.8) is 0 Å². The number of aryl methyl sites for hydroxylation is 1. The number of nitrogens with zero attached hydrogens (tertiary/aromatic N) is 5. The van der Waals surface area contributed by atoms with E-state index in [1.54, 1.807) is 13.0 Å². The van der Waals surface area contributed by atoms with Gasteiger partial charge in [-0.15, -0.1) is 0 Å². The first kappa shape index (κ1) is 25.4. The molecule has 0 amide bonds. The van der Waals surface area contributed by atoms with Crippen molar-refractivity contribution in [1.82, 2.24) is 15.0 Å². The Hall–Kier alpha value is -3.65. The van der Waals surface area contributed by atoms with Gasteiger partial charge in [-0.2, -0.15) is 18.4 Å². The number of aromatic carboxylic acids is 1. The summed E-state index contributed by atoms with van der Waals surface area (Å²) in [5, 5.41) is 22.3. The molecule has 0 aliphatic carbocycles. The molecular formula is C24H22ClF3N6O2. The van der Waals surface area contributed by atoms with Gasteiger partial charge in [0.1, 0.15) is 11.2 Å². The maximum absolute atomic E-state index is 13.4. The zero-order chi connectivity index (χ0) is 26.2. The fourth-order valence-electron chi connectivity index (χ4n) is 4.41. The Labute approximate surface area is 209 Å². The number of rotatable bonds is 5. The normalized spacial score (nSPS) is 17.0. The summed E-state index contributed by atoms with van der Waals surface area (Å²) in [6.45, 7) is 3.65. The van der Waals surface area contributed by atoms with Gasteiger partial charge in [0.25, 0.3) is 0 Å². The molecule has 1 aliphatic heterocycles. The number of halogens is 4. The standard InChI is InChI=1S/C24H22ClF3N6O2/c1-12-8-15(13(2)30-16-5-6-19(25)32-21(16)23(35)36)20-17(9-12)31-18(10-29)22(33-20)34-7-3-4-14(11-34)24(26,27)28/h5-6,8-9,13-14,30H,3-4,7,11H2,1-2H3,(H,35,36). The highest BCUT2D eigenvalue weighted by Gasteiger charge is 2.42. The average molecular weight is 519 g/mol. The van der Waals surface area contributed by atoms with E-state index in [1.807, 2.05) is 19.1 Å². The highest BCUT2D eigenvalue weighted by molar-refractivity contribution is 6.29. The van der Waals surface area contributed by atoms with Crippen LogP contribution in [0.4, 0.5) is 24.7 Å². The lowest BCUT2D eigenvalue weighted by Gasteiger charge is -2.34. The number of hydrogen-bond acceptors (Lipinski definition) is 7. The minimum Gasteiger partial charge on any atom is -0.476 e. The van der Waals surface area contributed by atoms with Crippen LogP contribution in [0, 0.1) is 24.2 Å². The predicted molar refractivity (Wildman–Crippen MR) is 128 cm³/mol. The quantitative estimate of drug-likeness (QED) is 0.425. The van der Waals surface area contributed by atoms with E-state index in [0.717, 1.165) is 5.56 Å². The zero-order valence-corrected chi connectivity index (χ0v) is 20.2. The molecule has 1 fully saturated rings. The number of piperidine rings is 1. The molecule has 0 bridgehead atoms. The molecule has 0 saturated carbocycles. The third kappa shape index (κ3) is 5.14. The summed E-state index contributed by atoms with van der Waals surface area (Å²) in [6.07, 6.45) is -4.00. The fourth-order valence-corrected chi connectivity index (χ4v) is 4.56. The Balaban J connectivity index is 1.78. The van der Waals surface area contributed by atoms with E-state index in [1.165, 1.54) is 17.0 Å². The van der Waals surface area contributed by atoms with Gasteiger partial charge in [-0.25, -0.2) is 19.7 Å². The van der Waals surface area contributed by atoms with Crippen molar-refractivity contribution in [1.29, 1.82) is 5.26 Å². The SMILES string of the molecule is Cc1cc(C(C)Nc2ccc(Cl)nc2C(=O)O)c2nc(N3CCCC(C(F)(F)F)C3)c(C#N)nc2c1. The smallest absolute Gasteiger partial charge is 0.393 e. The molecule has 0 spiro atoms. The van der Waals surface area contributed by atoms with Gasteiger partial charge >= 0.3 is 12.1 Å². The minimum atomic E-state index is -4.34. The van der Waals surface area contributed by atoms with Crippen LogP contribution in [0.5, 0.6) is 0 Å². The van der Waals surface area contributed by atoms with Crippen LogP contribution in [-0.2, 0) is 0 Å². The van der Waals surface area contributed by atoms with E-state index in [-0.39, 0.29) is 41.0 Å². The molecule has 3 heterocycles. The van der Waals surface area contributed by atoms with Crippen LogP contribution >= 0.6 is 11.6 Å². The molecule has 3 aromatic rings. The van der Waals surface area contributed by atoms with Crippen molar-refractivity contribution in [3.8, 4) is 6.07 Å². The maximum atomic E-state index is 13.4. The molecule has 2 unspecified atom stereocenters. The van der Waals surface area contributed by atoms with Gasteiger partial charge in [0.15, 0.2) is 17.2 Å². The first-order valence-corrected chi connectivity index (χ1v) is 11.6. The summed E-state index contributed by atoms with van der Waals surface area (Å²) in [5.41, 5.74) is 2.21. The molecule has 1 saturated heterocycles. The largest absolute Gasteiger partial charge is 0.476 e. The lowest BCUT2D eigenvalue weighted by atomic mass is 9.97. The Morgan fingerprint density at radius 2 is 2.06 bits per heavy atom. The van der Waals surface area contributed by atoms with Crippen LogP contribution in [0.1, 0.15) is 53.1 Å². The average Bonchev–Trinajstić information content (AvgIpc) is 2.83. The zero-order valence-electron chi connectivity index (χ0n) is 19.4. The minimum absolute atomic E-state index is 0.0231. The molecule has 1 aliphatic rings. The topological polar surface area (TPSA) is 115 Å². The second-order valence-corrected chi connectivity index (χ2v) is 9.14. The number of benzene rings is 1. The number of fused-ring (bicyclic) bond motifs is 1. The number of anilines is 2. The molecule has 188 valence electrons. The third-order valence-corrected chi connectivity index (χ3v) is 6.33. The van der Waals surface area contributed by atoms with Crippen LogP contribution in [0.2, 0.25) is 5.15 Å². The number of carboxylic acids is 1. The van der Waals surface area contributed by atoms with Gasteiger partial charge in [-0.05, 0) is 50.5 Å². The molecular weight excluding hydrogens is 497 g/mol. The van der Waals surface area contributed by atoms with Gasteiger partial charge in [-0.3, -0.25) is 0 Å². The van der Waals surface area contributed by atoms with E-state index in [4.69, 9.17) is 11.6 Å². The highest BCUT2D eigenvalue weighted by Crippen LogP contribution is 2.36. The Morgan fingerprint density at radius 1 is 1.31 bits per heavy atom. The molecule has 2 atom stereocenters. The third-order valence-electron chi connectivity index (χ3n) is 6.12. The van der Waals surface area contributed by atoms with Gasteiger partial charge in [-0.1, -0.05) is 17.7 Å². The summed E-state index contributed by atoms with van der Waals surface area (Å²) in [4.78, 5) is 26.1. The van der Waals surface area contributed by atoms with Gasteiger partial charge in [0, 0.05) is 18.7 Å². The lowest BCUT2D eigenvalue weighted by molar-refractivity contribution is -0.176. The van der Waals surface area contributed by atoms with E-state index >= 15 is 0 Å². The molecule has 12 heteroatoms. The van der Waals surface area contributed by atoms with Gasteiger partial charge < -0.3 is 15.3 Å². The number of aromatic nitrogens is 3. The number of nitrogens with one attached hydrogen (secondary N) is 1. The van der Waals surface area contributed by atoms with E-state index in [2.05, 4.69) is 20.3 Å². The summed E-state index contributed by atoms with van der Waals surface area (Å²) in [5.74, 6) is -2.66. The van der Waals surface area contributed by atoms with Crippen LogP contribution in [0.3, 0.4) is 0 Å². The van der Waals surface area contributed by atoms with Crippen molar-refractivity contribution in [2.24, 2.45) is 5.92 Å². The monoisotopic (exact) mass is 518 g/mol. The Morgan fingerprint density at radius 3 is 2.72 bits per heavy atom. The van der Waals surface area contributed by atoms with E-state index < -0.39 is 24.1 Å². The van der Waals surface area contributed by atoms with Crippen molar-refractivity contribution >= 4 is 40.1 Å². The lowest BCUT2D eigenvalue weighted by Crippen LogP contribution is -2.42. The van der Waals surface area contributed by atoms with Crippen molar-refractivity contribution < 1.29 is 23.1 Å². The Bertz CT molecular complexity index is 1370. The fraction of sp³-hybridized carbons (Fsp3) is 0.375. The summed E-state index contributed by atoms with van der Waals surface area (Å²) < 4.78 is 40.2. The molecule has 1 aromatic carbocycles. The predicted octanol–water partition coefficient (Wildman–Crippen LogP) is 5.51. The summed E-state index contributed by atoms with van der Waals surface area (Å²) in [6, 6.07) is 8.02. The summed E-state index contributed by atoms with van der Waals surface area (Å²) in [7, 11) is 0. The van der Waals surface area contributed by atoms with Crippen LogP contribution in [0.25, 0.3) is 11.0 Å². The van der Waals surface area contributed by atoms with E-state index in [9.17, 15) is 28.3 Å². The highest BCUT2D eigenvalue weighted by atomic mass is 35.5. The number of pyridine rings is 1. The number of hydrogen-bond donors (Lipinski definition) is 2. The number of nitriles is 1. The molecule has 2 aromatic heterocycles. The van der Waals surface area contributed by atoms with Gasteiger partial charge in [0.2, 0.25) is 0 Å². The van der Waals surface area contributed by atoms with Crippen LogP contribution < -0.4 is 10.2 Å². The number of alkyl halides is 3. The van der Waals surface area contributed by atoms with Crippen molar-refractivity contribution in [2.45, 2.75) is 38.9 Å². The van der Waals surface area contributed by atoms with Gasteiger partial charge in [0.05, 0.1) is 28.7 Å². The van der Waals surface area contributed by atoms with Crippen molar-refractivity contribution in [2.75, 3.05) is 23.3 Å². The van der Waals surface area contributed by atoms with Crippen molar-refractivity contribution in [3.05, 3.63) is 51.9 Å². The second kappa shape index (κ2) is 9.78. The van der Waals surface area contributed by atoms with Crippen LogP contribution in [-0.4, -0.2) is 45.3 Å². The number of carbonyl (C=O) groups is 1. The second-order valence-electron chi connectivity index (χ2n) is 8.76. The molecule has 36 heavy (non-hydrogen) atoms. The molecule has 2 N–H and O–H groups in total. The first-order valence-electron chi connectivity index (χ1n) is 11.2. The van der Waals surface area contributed by atoms with E-state index in [0.29, 0.717) is 29.6 Å². The molecule has 4 rings (SSSR count). The molecule has 8 nitrogen and oxygen atoms in total. The van der Waals surface area contributed by atoms with Crippen LogP contribution in [0.15, 0.2) is 24.3 Å². The molecule has 0 radical (unpaired) electrons. The Kier molecular flexibility index (Phi) is 6.91. The first-order chi connectivity index (χ1) is 17.0. The summed E-state index contributed by atoms with van der Waals surface area (Å²) >= 11 is 5.85.